The first-order chi connectivity index (χ1) is 11.5. The standard InChI is InChI=1S/C17H15Cl2N3O2/c18-14-7-6-13(8-15(14)19)11-21-22-17(24)9-16(23)20-10-12-4-2-1-3-5-12/h1-8,11H,9-10H2,(H,20,23)(H,22,24). The van der Waals surface area contributed by atoms with Gasteiger partial charge in [-0.05, 0) is 23.3 Å². The maximum atomic E-state index is 11.7. The number of hydrogen-bond donors (Lipinski definition) is 2. The van der Waals surface area contributed by atoms with E-state index in [4.69, 9.17) is 23.2 Å². The van der Waals surface area contributed by atoms with E-state index in [0.29, 0.717) is 22.2 Å². The van der Waals surface area contributed by atoms with Gasteiger partial charge < -0.3 is 5.32 Å². The number of hydrogen-bond acceptors (Lipinski definition) is 3. The van der Waals surface area contributed by atoms with E-state index in [-0.39, 0.29) is 12.3 Å². The molecule has 0 aliphatic rings. The second-order valence-electron chi connectivity index (χ2n) is 4.91. The normalized spacial score (nSPS) is 10.6. The number of carbonyl (C=O) groups excluding carboxylic acids is 2. The molecule has 0 aliphatic heterocycles. The molecule has 0 aromatic heterocycles. The van der Waals surface area contributed by atoms with Crippen LogP contribution in [-0.2, 0) is 16.1 Å². The van der Waals surface area contributed by atoms with Crippen LogP contribution in [0, 0.1) is 0 Å². The topological polar surface area (TPSA) is 70.6 Å². The van der Waals surface area contributed by atoms with E-state index in [9.17, 15) is 9.59 Å². The van der Waals surface area contributed by atoms with Crippen molar-refractivity contribution in [3.63, 3.8) is 0 Å². The molecule has 2 amide bonds. The molecule has 2 aromatic rings. The van der Waals surface area contributed by atoms with Crippen molar-refractivity contribution in [1.82, 2.24) is 10.7 Å². The fourth-order valence-electron chi connectivity index (χ4n) is 1.82. The summed E-state index contributed by atoms with van der Waals surface area (Å²) in [4.78, 5) is 23.3. The molecule has 0 heterocycles. The highest BCUT2D eigenvalue weighted by atomic mass is 35.5. The van der Waals surface area contributed by atoms with Gasteiger partial charge in [0.1, 0.15) is 6.42 Å². The Labute approximate surface area is 149 Å². The average molecular weight is 364 g/mol. The average Bonchev–Trinajstić information content (AvgIpc) is 2.57. The van der Waals surface area contributed by atoms with Gasteiger partial charge in [-0.2, -0.15) is 5.10 Å². The van der Waals surface area contributed by atoms with Gasteiger partial charge in [0.15, 0.2) is 0 Å². The third-order valence-electron chi connectivity index (χ3n) is 3.00. The Morgan fingerprint density at radius 1 is 1.00 bits per heavy atom. The lowest BCUT2D eigenvalue weighted by molar-refractivity contribution is -0.129. The summed E-state index contributed by atoms with van der Waals surface area (Å²) in [5, 5.41) is 7.28. The van der Waals surface area contributed by atoms with E-state index in [1.165, 1.54) is 6.21 Å². The molecule has 0 radical (unpaired) electrons. The summed E-state index contributed by atoms with van der Waals surface area (Å²) < 4.78 is 0. The number of hydrazone groups is 1. The number of nitrogens with zero attached hydrogens (tertiary/aromatic N) is 1. The molecule has 0 spiro atoms. The lowest BCUT2D eigenvalue weighted by Gasteiger charge is -2.04. The number of carbonyl (C=O) groups is 2. The number of benzene rings is 2. The molecule has 0 saturated heterocycles. The van der Waals surface area contributed by atoms with Crippen molar-refractivity contribution in [3.05, 3.63) is 69.7 Å². The Bertz CT molecular complexity index is 749. The van der Waals surface area contributed by atoms with Crippen molar-refractivity contribution in [2.45, 2.75) is 13.0 Å². The summed E-state index contributed by atoms with van der Waals surface area (Å²) in [5.41, 5.74) is 3.93. The zero-order valence-electron chi connectivity index (χ0n) is 12.6. The first-order valence-corrected chi connectivity index (χ1v) is 7.88. The molecule has 124 valence electrons. The predicted octanol–water partition coefficient (Wildman–Crippen LogP) is 3.15. The van der Waals surface area contributed by atoms with Crippen LogP contribution in [0.25, 0.3) is 0 Å². The van der Waals surface area contributed by atoms with Crippen LogP contribution in [0.4, 0.5) is 0 Å². The van der Waals surface area contributed by atoms with Crippen LogP contribution in [0.3, 0.4) is 0 Å². The van der Waals surface area contributed by atoms with Crippen LogP contribution in [0.1, 0.15) is 17.5 Å². The smallest absolute Gasteiger partial charge is 0.249 e. The van der Waals surface area contributed by atoms with Gasteiger partial charge in [-0.15, -0.1) is 0 Å². The van der Waals surface area contributed by atoms with Crippen molar-refractivity contribution in [3.8, 4) is 0 Å². The molecular weight excluding hydrogens is 349 g/mol. The second-order valence-corrected chi connectivity index (χ2v) is 5.72. The Kier molecular flexibility index (Phi) is 6.78. The van der Waals surface area contributed by atoms with Crippen LogP contribution in [-0.4, -0.2) is 18.0 Å². The second kappa shape index (κ2) is 9.05. The van der Waals surface area contributed by atoms with E-state index < -0.39 is 5.91 Å². The van der Waals surface area contributed by atoms with E-state index in [2.05, 4.69) is 15.8 Å². The fraction of sp³-hybridized carbons (Fsp3) is 0.118. The summed E-state index contributed by atoms with van der Waals surface area (Å²) in [7, 11) is 0. The highest BCUT2D eigenvalue weighted by molar-refractivity contribution is 6.42. The van der Waals surface area contributed by atoms with Gasteiger partial charge in [-0.1, -0.05) is 59.6 Å². The molecule has 0 unspecified atom stereocenters. The molecule has 2 rings (SSSR count). The third kappa shape index (κ3) is 6.02. The van der Waals surface area contributed by atoms with Gasteiger partial charge in [0, 0.05) is 6.54 Å². The molecule has 0 saturated carbocycles. The lowest BCUT2D eigenvalue weighted by atomic mass is 10.2. The predicted molar refractivity (Wildman–Crippen MR) is 95.1 cm³/mol. The van der Waals surface area contributed by atoms with Crippen molar-refractivity contribution in [1.29, 1.82) is 0 Å². The Balaban J connectivity index is 1.75. The minimum atomic E-state index is -0.503. The fourth-order valence-corrected chi connectivity index (χ4v) is 2.12. The summed E-state index contributed by atoms with van der Waals surface area (Å²) in [6.07, 6.45) is 1.12. The van der Waals surface area contributed by atoms with Gasteiger partial charge >= 0.3 is 0 Å². The van der Waals surface area contributed by atoms with Gasteiger partial charge in [0.2, 0.25) is 11.8 Å². The molecule has 0 atom stereocenters. The number of nitrogens with one attached hydrogen (secondary N) is 2. The minimum Gasteiger partial charge on any atom is -0.352 e. The number of amides is 2. The monoisotopic (exact) mass is 363 g/mol. The molecule has 0 aliphatic carbocycles. The van der Waals surface area contributed by atoms with E-state index >= 15 is 0 Å². The maximum absolute atomic E-state index is 11.7. The third-order valence-corrected chi connectivity index (χ3v) is 3.74. The van der Waals surface area contributed by atoms with Gasteiger partial charge in [-0.25, -0.2) is 5.43 Å². The Morgan fingerprint density at radius 3 is 2.46 bits per heavy atom. The van der Waals surface area contributed by atoms with Crippen LogP contribution in [0.5, 0.6) is 0 Å². The SMILES string of the molecule is O=C(CC(=O)NN=Cc1ccc(Cl)c(Cl)c1)NCc1ccccc1. The Hall–Kier alpha value is -2.37. The highest BCUT2D eigenvalue weighted by Crippen LogP contribution is 2.21. The van der Waals surface area contributed by atoms with E-state index in [1.807, 2.05) is 30.3 Å². The molecule has 0 fully saturated rings. The van der Waals surface area contributed by atoms with E-state index in [1.54, 1.807) is 18.2 Å². The Morgan fingerprint density at radius 2 is 1.75 bits per heavy atom. The van der Waals surface area contributed by atoms with E-state index in [0.717, 1.165) is 5.56 Å². The summed E-state index contributed by atoms with van der Waals surface area (Å²) >= 11 is 11.7. The maximum Gasteiger partial charge on any atom is 0.249 e. The molecule has 24 heavy (non-hydrogen) atoms. The lowest BCUT2D eigenvalue weighted by Crippen LogP contribution is -2.29. The van der Waals surface area contributed by atoms with Crippen molar-refractivity contribution in [2.24, 2.45) is 5.10 Å². The minimum absolute atomic E-state index is 0.300. The van der Waals surface area contributed by atoms with Gasteiger partial charge in [0.05, 0.1) is 16.3 Å². The quantitative estimate of drug-likeness (QED) is 0.470. The zero-order valence-corrected chi connectivity index (χ0v) is 14.1. The first kappa shape index (κ1) is 18.0. The summed E-state index contributed by atoms with van der Waals surface area (Å²) in [6, 6.07) is 14.4. The van der Waals surface area contributed by atoms with Gasteiger partial charge in [0.25, 0.3) is 0 Å². The molecule has 5 nitrogen and oxygen atoms in total. The summed E-state index contributed by atoms with van der Waals surface area (Å²) in [5.74, 6) is -0.877. The van der Waals surface area contributed by atoms with Crippen LogP contribution < -0.4 is 10.7 Å². The highest BCUT2D eigenvalue weighted by Gasteiger charge is 2.08. The number of rotatable bonds is 6. The summed E-state index contributed by atoms with van der Waals surface area (Å²) in [6.45, 7) is 0.374. The van der Waals surface area contributed by atoms with Crippen molar-refractivity contribution in [2.75, 3.05) is 0 Å². The molecule has 2 aromatic carbocycles. The molecule has 7 heteroatoms. The molecule has 0 bridgehead atoms. The first-order valence-electron chi connectivity index (χ1n) is 7.12. The number of halogens is 2. The molecule has 2 N–H and O–H groups in total. The van der Waals surface area contributed by atoms with Crippen LogP contribution in [0.15, 0.2) is 53.6 Å². The molecular formula is C17H15Cl2N3O2. The van der Waals surface area contributed by atoms with Crippen molar-refractivity contribution < 1.29 is 9.59 Å². The van der Waals surface area contributed by atoms with Gasteiger partial charge in [-0.3, -0.25) is 9.59 Å². The van der Waals surface area contributed by atoms with Crippen LogP contribution in [0.2, 0.25) is 10.0 Å². The van der Waals surface area contributed by atoms with Crippen LogP contribution >= 0.6 is 23.2 Å². The largest absolute Gasteiger partial charge is 0.352 e. The zero-order chi connectivity index (χ0) is 17.4. The van der Waals surface area contributed by atoms with Crippen molar-refractivity contribution >= 4 is 41.2 Å².